The number of para-hydroxylation sites is 1. The molecule has 246 valence electrons. The molecule has 1 atom stereocenters. The summed E-state index contributed by atoms with van der Waals surface area (Å²) >= 11 is 1.89. The van der Waals surface area contributed by atoms with E-state index < -0.39 is 5.41 Å². The first-order valence-electron chi connectivity index (χ1n) is 17.9. The van der Waals surface area contributed by atoms with Crippen molar-refractivity contribution in [2.75, 3.05) is 0 Å². The summed E-state index contributed by atoms with van der Waals surface area (Å²) in [6.45, 7) is 2.37. The van der Waals surface area contributed by atoms with Crippen LogP contribution in [0.25, 0.3) is 39.3 Å². The molecule has 4 aliphatic rings. The van der Waals surface area contributed by atoms with Crippen molar-refractivity contribution in [2.24, 2.45) is 0 Å². The molecular weight excluding hydrogens is 653 g/mol. The average Bonchev–Trinajstić information content (AvgIpc) is 3.67. The second-order valence-corrected chi connectivity index (χ2v) is 15.4. The normalized spacial score (nSPS) is 18.2. The topological polar surface area (TPSA) is 35.0 Å². The second kappa shape index (κ2) is 11.0. The van der Waals surface area contributed by atoms with E-state index in [0.717, 1.165) is 57.1 Å². The molecule has 0 radical (unpaired) electrons. The van der Waals surface area contributed by atoms with Crippen molar-refractivity contribution in [1.29, 1.82) is 0 Å². The van der Waals surface area contributed by atoms with E-state index in [0.29, 0.717) is 5.82 Å². The minimum Gasteiger partial charge on any atom is -0.457 e. The van der Waals surface area contributed by atoms with Crippen LogP contribution in [0.5, 0.6) is 11.5 Å². The minimum absolute atomic E-state index is 0.0140. The highest BCUT2D eigenvalue weighted by molar-refractivity contribution is 8.03. The zero-order chi connectivity index (χ0) is 34.4. The Morgan fingerprint density at radius 2 is 1.19 bits per heavy atom. The Morgan fingerprint density at radius 3 is 1.98 bits per heavy atom. The van der Waals surface area contributed by atoms with Crippen LogP contribution >= 0.6 is 11.8 Å². The molecule has 0 amide bonds. The van der Waals surface area contributed by atoms with Gasteiger partial charge in [0.1, 0.15) is 11.5 Å². The van der Waals surface area contributed by atoms with Crippen LogP contribution in [0.3, 0.4) is 0 Å². The van der Waals surface area contributed by atoms with Gasteiger partial charge in [-0.3, -0.25) is 0 Å². The van der Waals surface area contributed by atoms with Crippen LogP contribution in [-0.4, -0.2) is 9.97 Å². The van der Waals surface area contributed by atoms with Crippen LogP contribution in [0.4, 0.5) is 0 Å². The van der Waals surface area contributed by atoms with E-state index in [-0.39, 0.29) is 5.41 Å². The van der Waals surface area contributed by atoms with E-state index in [4.69, 9.17) is 14.7 Å². The summed E-state index contributed by atoms with van der Waals surface area (Å²) in [6.07, 6.45) is 5.65. The predicted octanol–water partition coefficient (Wildman–Crippen LogP) is 12.0. The summed E-state index contributed by atoms with van der Waals surface area (Å²) in [5, 5.41) is 0. The number of fused-ring (bicyclic) bond motifs is 12. The van der Waals surface area contributed by atoms with Gasteiger partial charge in [-0.05, 0) is 82.3 Å². The van der Waals surface area contributed by atoms with E-state index >= 15 is 0 Å². The van der Waals surface area contributed by atoms with Gasteiger partial charge < -0.3 is 4.74 Å². The monoisotopic (exact) mass is 684 g/mol. The summed E-state index contributed by atoms with van der Waals surface area (Å²) in [7, 11) is 0. The lowest BCUT2D eigenvalue weighted by Crippen LogP contribution is -2.32. The molecule has 2 aliphatic heterocycles. The number of hydrogen-bond donors (Lipinski definition) is 0. The Labute approximate surface area is 307 Å². The first kappa shape index (κ1) is 29.7. The molecular formula is C48H32N2OS. The Bertz CT molecular complexity index is 2650. The van der Waals surface area contributed by atoms with Gasteiger partial charge in [0.25, 0.3) is 0 Å². The summed E-state index contributed by atoms with van der Waals surface area (Å²) in [6, 6.07) is 54.2. The van der Waals surface area contributed by atoms with Gasteiger partial charge in [0.05, 0.1) is 16.8 Å². The van der Waals surface area contributed by atoms with Crippen molar-refractivity contribution in [1.82, 2.24) is 9.97 Å². The van der Waals surface area contributed by atoms with Crippen LogP contribution in [0, 0.1) is 0 Å². The lowest BCUT2D eigenvalue weighted by molar-refractivity contribution is 0.436. The minimum atomic E-state index is -0.541. The van der Waals surface area contributed by atoms with Crippen LogP contribution in [0.1, 0.15) is 46.9 Å². The Hall–Kier alpha value is -5.97. The van der Waals surface area contributed by atoms with Crippen molar-refractivity contribution in [3.05, 3.63) is 202 Å². The van der Waals surface area contributed by atoms with Crippen molar-refractivity contribution >= 4 is 17.3 Å². The molecule has 52 heavy (non-hydrogen) atoms. The molecule has 3 nitrogen and oxygen atoms in total. The fraction of sp³-hybridized carbons (Fsp3) is 0.0833. The van der Waals surface area contributed by atoms with Crippen molar-refractivity contribution < 1.29 is 4.74 Å². The number of benzene rings is 6. The largest absolute Gasteiger partial charge is 0.457 e. The molecule has 0 fully saturated rings. The zero-order valence-corrected chi connectivity index (χ0v) is 29.3. The number of rotatable bonds is 3. The molecule has 11 rings (SSSR count). The van der Waals surface area contributed by atoms with Gasteiger partial charge in [0.15, 0.2) is 5.82 Å². The molecule has 4 heteroatoms. The molecule has 3 heterocycles. The highest BCUT2D eigenvalue weighted by atomic mass is 32.2. The smallest absolute Gasteiger partial charge is 0.160 e. The molecule has 0 N–H and O–H groups in total. The first-order valence-corrected chi connectivity index (χ1v) is 18.7. The standard InChI is InChI=1S/C48H32N2OS/c1-47-26-25-32(28-45(47)52-44-22-12-10-20-38(44)47)41-29-40(49-46(50-41)30-13-3-2-4-14-30)31-23-24-43-39(27-31)48(37-19-9-11-21-42(37)51-43)35-17-7-5-15-33(35)34-16-6-8-18-36(34)48/h2-25,27-29H,26H2,1H3. The number of allylic oxidation sites excluding steroid dienone is 4. The SMILES string of the molecule is CC12CC=C(c3cc(-c4ccc5c(c4)C4(c6ccccc6O5)c5ccccc5-c5ccccc54)nc(-c4ccccc4)n3)C=C1Sc1ccccc12. The van der Waals surface area contributed by atoms with Crippen molar-refractivity contribution in [3.63, 3.8) is 0 Å². The van der Waals surface area contributed by atoms with Crippen molar-refractivity contribution in [2.45, 2.75) is 29.1 Å². The number of ether oxygens (including phenoxy) is 1. The zero-order valence-electron chi connectivity index (χ0n) is 28.5. The Balaban J connectivity index is 1.12. The van der Waals surface area contributed by atoms with E-state index in [1.54, 1.807) is 0 Å². The van der Waals surface area contributed by atoms with Gasteiger partial charge >= 0.3 is 0 Å². The van der Waals surface area contributed by atoms with Crippen LogP contribution in [-0.2, 0) is 10.8 Å². The molecule has 0 saturated heterocycles. The van der Waals surface area contributed by atoms with Gasteiger partial charge in [-0.2, -0.15) is 0 Å². The molecule has 0 saturated carbocycles. The van der Waals surface area contributed by atoms with Gasteiger partial charge in [-0.15, -0.1) is 0 Å². The maximum absolute atomic E-state index is 6.72. The molecule has 1 unspecified atom stereocenters. The maximum Gasteiger partial charge on any atom is 0.160 e. The van der Waals surface area contributed by atoms with E-state index in [2.05, 4.69) is 165 Å². The lowest BCUT2D eigenvalue weighted by Gasteiger charge is -2.39. The Kier molecular flexibility index (Phi) is 6.30. The lowest BCUT2D eigenvalue weighted by atomic mass is 9.66. The first-order chi connectivity index (χ1) is 25.6. The molecule has 0 bridgehead atoms. The van der Waals surface area contributed by atoms with Gasteiger partial charge in [-0.1, -0.05) is 140 Å². The third-order valence-electron chi connectivity index (χ3n) is 11.5. The summed E-state index contributed by atoms with van der Waals surface area (Å²) in [5.41, 5.74) is 13.2. The predicted molar refractivity (Wildman–Crippen MR) is 211 cm³/mol. The third-order valence-corrected chi connectivity index (χ3v) is 12.8. The second-order valence-electron chi connectivity index (χ2n) is 14.3. The summed E-state index contributed by atoms with van der Waals surface area (Å²) in [5.74, 6) is 2.47. The van der Waals surface area contributed by atoms with Crippen LogP contribution in [0.2, 0.25) is 0 Å². The highest BCUT2D eigenvalue weighted by Crippen LogP contribution is 2.62. The van der Waals surface area contributed by atoms with Crippen LogP contribution in [0.15, 0.2) is 174 Å². The third kappa shape index (κ3) is 4.10. The number of nitrogens with zero attached hydrogens (tertiary/aromatic N) is 2. The number of hydrogen-bond acceptors (Lipinski definition) is 4. The molecule has 6 aromatic carbocycles. The van der Waals surface area contributed by atoms with Crippen molar-refractivity contribution in [3.8, 4) is 45.3 Å². The highest BCUT2D eigenvalue weighted by Gasteiger charge is 2.51. The summed E-state index contributed by atoms with van der Waals surface area (Å²) in [4.78, 5) is 13.2. The van der Waals surface area contributed by atoms with E-state index in [9.17, 15) is 0 Å². The molecule has 1 spiro atoms. The van der Waals surface area contributed by atoms with E-state index in [1.165, 1.54) is 37.6 Å². The fourth-order valence-corrected chi connectivity index (χ4v) is 10.3. The quantitative estimate of drug-likeness (QED) is 0.186. The van der Waals surface area contributed by atoms with Crippen LogP contribution < -0.4 is 4.74 Å². The fourth-order valence-electron chi connectivity index (χ4n) is 8.94. The number of thioether (sulfide) groups is 1. The van der Waals surface area contributed by atoms with Gasteiger partial charge in [0, 0.05) is 37.5 Å². The molecule has 2 aliphatic carbocycles. The Morgan fingerprint density at radius 1 is 0.558 bits per heavy atom. The summed E-state index contributed by atoms with van der Waals surface area (Å²) < 4.78 is 6.72. The van der Waals surface area contributed by atoms with Gasteiger partial charge in [0.2, 0.25) is 0 Å². The molecule has 1 aromatic heterocycles. The maximum atomic E-state index is 6.72. The number of aromatic nitrogens is 2. The van der Waals surface area contributed by atoms with Gasteiger partial charge in [-0.25, -0.2) is 9.97 Å². The van der Waals surface area contributed by atoms with E-state index in [1.807, 2.05) is 17.8 Å². The molecule has 7 aromatic rings. The average molecular weight is 685 g/mol.